The highest BCUT2D eigenvalue weighted by Crippen LogP contribution is 2.39. The topological polar surface area (TPSA) is 72.5 Å². The monoisotopic (exact) mass is 656 g/mol. The molecule has 0 bridgehead atoms. The first kappa shape index (κ1) is 34.7. The molecular weight excluding hydrogens is 612 g/mol. The Bertz CT molecular complexity index is 1490. The van der Waals surface area contributed by atoms with Crippen molar-refractivity contribution in [3.63, 3.8) is 0 Å². The van der Waals surface area contributed by atoms with Gasteiger partial charge in [-0.2, -0.15) is 0 Å². The Kier molecular flexibility index (Phi) is 12.5. The molecule has 4 aromatic carbocycles. The molecule has 1 aliphatic heterocycles. The van der Waals surface area contributed by atoms with Crippen LogP contribution in [0, 0.1) is 5.41 Å². The second-order valence-electron chi connectivity index (χ2n) is 12.5. The lowest BCUT2D eigenvalue weighted by Crippen LogP contribution is -2.61. The molecule has 0 aliphatic carbocycles. The van der Waals surface area contributed by atoms with Gasteiger partial charge in [-0.15, -0.1) is 0 Å². The predicted molar refractivity (Wildman–Crippen MR) is 183 cm³/mol. The lowest BCUT2D eigenvalue weighted by Gasteiger charge is -2.46. The second-order valence-corrected chi connectivity index (χ2v) is 13.7. The number of rotatable bonds is 14. The minimum absolute atomic E-state index is 0.249. The Morgan fingerprint density at radius 3 is 1.70 bits per heavy atom. The van der Waals surface area contributed by atoms with Crippen LogP contribution < -0.4 is 4.74 Å². The van der Waals surface area contributed by atoms with Crippen molar-refractivity contribution >= 4 is 17.7 Å². The number of hydrogen-bond acceptors (Lipinski definition) is 8. The van der Waals surface area contributed by atoms with E-state index in [0.717, 1.165) is 27.3 Å². The van der Waals surface area contributed by atoms with Crippen LogP contribution in [0.3, 0.4) is 0 Å². The Hall–Kier alpha value is -3.66. The Labute approximate surface area is 282 Å². The van der Waals surface area contributed by atoms with Crippen LogP contribution in [0.4, 0.5) is 0 Å². The third-order valence-electron chi connectivity index (χ3n) is 7.72. The number of carbonyl (C=O) groups is 1. The normalized spacial score (nSPS) is 21.2. The lowest BCUT2D eigenvalue weighted by atomic mass is 9.95. The summed E-state index contributed by atoms with van der Waals surface area (Å²) >= 11 is 1.47. The van der Waals surface area contributed by atoms with E-state index in [2.05, 4.69) is 0 Å². The molecule has 248 valence electrons. The molecule has 8 heteroatoms. The lowest BCUT2D eigenvalue weighted by molar-refractivity contribution is -0.251. The molecule has 1 aliphatic rings. The van der Waals surface area contributed by atoms with Gasteiger partial charge in [0.15, 0.2) is 6.10 Å². The van der Waals surface area contributed by atoms with E-state index in [-0.39, 0.29) is 12.6 Å². The van der Waals surface area contributed by atoms with Gasteiger partial charge in [-0.1, -0.05) is 103 Å². The maximum Gasteiger partial charge on any atom is 0.311 e. The number of thioether (sulfide) groups is 1. The second kappa shape index (κ2) is 16.9. The van der Waals surface area contributed by atoms with Crippen LogP contribution in [0.5, 0.6) is 5.75 Å². The molecule has 0 aromatic heterocycles. The van der Waals surface area contributed by atoms with E-state index < -0.39 is 35.3 Å². The molecule has 3 unspecified atom stereocenters. The van der Waals surface area contributed by atoms with Crippen LogP contribution in [0.25, 0.3) is 0 Å². The van der Waals surface area contributed by atoms with Crippen LogP contribution in [0.2, 0.25) is 0 Å². The number of ether oxygens (including phenoxy) is 6. The van der Waals surface area contributed by atoms with Gasteiger partial charge in [0.05, 0.1) is 39.0 Å². The average Bonchev–Trinajstić information content (AvgIpc) is 3.09. The Balaban J connectivity index is 1.49. The standard InChI is InChI=1S/C39H44O7S/c1-39(2,3)38(40)46-36-35(44-26-30-18-12-7-13-19-30)34(43-25-29-16-10-6-11-17-29)33(27-42-24-28-14-8-5-9-15-28)45-37(36)47-32-22-20-31(41-4)21-23-32/h5-23,33-37H,24-27H2,1-4H3/t33?,34-,35?,36?,37-/m1/s1. The van der Waals surface area contributed by atoms with Crippen molar-refractivity contribution in [3.05, 3.63) is 132 Å². The van der Waals surface area contributed by atoms with E-state index in [9.17, 15) is 4.79 Å². The number of methoxy groups -OCH3 is 1. The van der Waals surface area contributed by atoms with Gasteiger partial charge in [0.25, 0.3) is 0 Å². The fourth-order valence-electron chi connectivity index (χ4n) is 5.11. The van der Waals surface area contributed by atoms with Crippen LogP contribution >= 0.6 is 11.8 Å². The van der Waals surface area contributed by atoms with Crippen LogP contribution in [-0.4, -0.2) is 49.5 Å². The van der Waals surface area contributed by atoms with Gasteiger partial charge in [-0.3, -0.25) is 4.79 Å². The summed E-state index contributed by atoms with van der Waals surface area (Å²) in [5.74, 6) is 0.403. The van der Waals surface area contributed by atoms with E-state index in [0.29, 0.717) is 19.8 Å². The average molecular weight is 657 g/mol. The fourth-order valence-corrected chi connectivity index (χ4v) is 6.22. The summed E-state index contributed by atoms with van der Waals surface area (Å²) in [7, 11) is 1.64. The summed E-state index contributed by atoms with van der Waals surface area (Å²) in [5.41, 5.74) is 1.71. The summed E-state index contributed by atoms with van der Waals surface area (Å²) in [6, 6.07) is 37.7. The molecule has 4 aromatic rings. The van der Waals surface area contributed by atoms with Gasteiger partial charge in [0.1, 0.15) is 29.5 Å². The zero-order valence-corrected chi connectivity index (χ0v) is 28.3. The summed E-state index contributed by atoms with van der Waals surface area (Å²) in [4.78, 5) is 14.4. The van der Waals surface area contributed by atoms with Crippen LogP contribution in [0.1, 0.15) is 37.5 Å². The minimum atomic E-state index is -0.788. The smallest absolute Gasteiger partial charge is 0.311 e. The number of benzene rings is 4. The number of hydrogen-bond donors (Lipinski definition) is 0. The van der Waals surface area contributed by atoms with Gasteiger partial charge in [-0.05, 0) is 61.7 Å². The van der Waals surface area contributed by atoms with Gasteiger partial charge in [-0.25, -0.2) is 0 Å². The highest BCUT2D eigenvalue weighted by atomic mass is 32.2. The van der Waals surface area contributed by atoms with Crippen molar-refractivity contribution in [2.75, 3.05) is 13.7 Å². The first-order chi connectivity index (χ1) is 22.8. The van der Waals surface area contributed by atoms with E-state index in [1.807, 2.05) is 136 Å². The molecule has 0 saturated carbocycles. The van der Waals surface area contributed by atoms with Gasteiger partial charge in [0.2, 0.25) is 0 Å². The van der Waals surface area contributed by atoms with Crippen molar-refractivity contribution in [2.45, 2.75) is 75.3 Å². The minimum Gasteiger partial charge on any atom is -0.497 e. The highest BCUT2D eigenvalue weighted by molar-refractivity contribution is 7.99. The molecule has 0 radical (unpaired) electrons. The molecular formula is C39H44O7S. The van der Waals surface area contributed by atoms with Crippen molar-refractivity contribution < 1.29 is 33.2 Å². The van der Waals surface area contributed by atoms with Crippen molar-refractivity contribution in [1.29, 1.82) is 0 Å². The summed E-state index contributed by atoms with van der Waals surface area (Å²) in [6.45, 7) is 6.82. The third-order valence-corrected chi connectivity index (χ3v) is 8.88. The number of esters is 1. The Morgan fingerprint density at radius 1 is 0.681 bits per heavy atom. The van der Waals surface area contributed by atoms with E-state index in [4.69, 9.17) is 28.4 Å². The number of carbonyl (C=O) groups excluding carboxylic acids is 1. The van der Waals surface area contributed by atoms with E-state index >= 15 is 0 Å². The first-order valence-corrected chi connectivity index (χ1v) is 16.8. The van der Waals surface area contributed by atoms with E-state index in [1.165, 1.54) is 11.8 Å². The van der Waals surface area contributed by atoms with Gasteiger partial charge < -0.3 is 28.4 Å². The zero-order valence-electron chi connectivity index (χ0n) is 27.5. The quantitative estimate of drug-likeness (QED) is 0.127. The maximum atomic E-state index is 13.5. The van der Waals surface area contributed by atoms with Crippen LogP contribution in [0.15, 0.2) is 120 Å². The SMILES string of the molecule is COc1ccc(S[C@H]2OC(COCc3ccccc3)[C@@H](OCc3ccccc3)C(OCc3ccccc3)C2OC(=O)C(C)(C)C)cc1. The molecule has 1 saturated heterocycles. The molecule has 7 nitrogen and oxygen atoms in total. The molecule has 5 atom stereocenters. The molecule has 0 N–H and O–H groups in total. The highest BCUT2D eigenvalue weighted by Gasteiger charge is 2.50. The zero-order chi connectivity index (χ0) is 33.1. The summed E-state index contributed by atoms with van der Waals surface area (Å²) < 4.78 is 38.2. The molecule has 0 amide bonds. The van der Waals surface area contributed by atoms with Gasteiger partial charge >= 0.3 is 5.97 Å². The summed E-state index contributed by atoms with van der Waals surface area (Å²) in [5, 5.41) is 0. The predicted octanol–water partition coefficient (Wildman–Crippen LogP) is 7.86. The fraction of sp³-hybridized carbons (Fsp3) is 0.359. The van der Waals surface area contributed by atoms with Crippen molar-refractivity contribution in [3.8, 4) is 5.75 Å². The molecule has 5 rings (SSSR count). The Morgan fingerprint density at radius 2 is 1.19 bits per heavy atom. The van der Waals surface area contributed by atoms with E-state index in [1.54, 1.807) is 7.11 Å². The van der Waals surface area contributed by atoms with Gasteiger partial charge in [0, 0.05) is 4.90 Å². The third kappa shape index (κ3) is 10.2. The molecule has 1 fully saturated rings. The molecule has 47 heavy (non-hydrogen) atoms. The van der Waals surface area contributed by atoms with Crippen molar-refractivity contribution in [1.82, 2.24) is 0 Å². The maximum absolute atomic E-state index is 13.5. The first-order valence-electron chi connectivity index (χ1n) is 15.9. The van der Waals surface area contributed by atoms with Crippen LogP contribution in [-0.2, 0) is 48.3 Å². The van der Waals surface area contributed by atoms with Crippen molar-refractivity contribution in [2.24, 2.45) is 5.41 Å². The summed E-state index contributed by atoms with van der Waals surface area (Å²) in [6.07, 6.45) is -2.59. The largest absolute Gasteiger partial charge is 0.497 e. The molecule has 1 heterocycles. The molecule has 0 spiro atoms.